The highest BCUT2D eigenvalue weighted by molar-refractivity contribution is 6.32. The first kappa shape index (κ1) is 21.5. The van der Waals surface area contributed by atoms with E-state index < -0.39 is 5.97 Å². The Morgan fingerprint density at radius 1 is 1.26 bits per heavy atom. The smallest absolute Gasteiger partial charge is 0.325 e. The van der Waals surface area contributed by atoms with Gasteiger partial charge in [-0.05, 0) is 36.5 Å². The molecule has 0 spiro atoms. The van der Waals surface area contributed by atoms with E-state index in [9.17, 15) is 9.59 Å². The molecule has 1 aromatic rings. The molecule has 0 atom stereocenters. The van der Waals surface area contributed by atoms with E-state index in [1.807, 2.05) is 0 Å². The fourth-order valence-corrected chi connectivity index (χ4v) is 3.33. The van der Waals surface area contributed by atoms with Gasteiger partial charge in [-0.15, -0.1) is 0 Å². The van der Waals surface area contributed by atoms with E-state index in [0.29, 0.717) is 21.8 Å². The van der Waals surface area contributed by atoms with Gasteiger partial charge in [0.2, 0.25) is 0 Å². The van der Waals surface area contributed by atoms with Gasteiger partial charge in [0.1, 0.15) is 18.4 Å². The summed E-state index contributed by atoms with van der Waals surface area (Å²) < 4.78 is 10.5. The number of benzene rings is 1. The van der Waals surface area contributed by atoms with Crippen LogP contribution in [-0.4, -0.2) is 56.2 Å². The Labute approximate surface area is 166 Å². The minimum atomic E-state index is -0.507. The third kappa shape index (κ3) is 7.03. The first-order chi connectivity index (χ1) is 12.7. The maximum Gasteiger partial charge on any atom is 0.325 e. The van der Waals surface area contributed by atoms with Gasteiger partial charge in [-0.1, -0.05) is 32.4 Å². The van der Waals surface area contributed by atoms with Crippen LogP contribution in [0.25, 0.3) is 0 Å². The van der Waals surface area contributed by atoms with Gasteiger partial charge in [-0.25, -0.2) is 0 Å². The molecule has 0 saturated carbocycles. The number of carbonyl (C=O) groups excluding carboxylic acids is 2. The topological polar surface area (TPSA) is 67.9 Å². The highest BCUT2D eigenvalue weighted by Crippen LogP contribution is 2.29. The van der Waals surface area contributed by atoms with E-state index in [1.165, 1.54) is 7.11 Å². The predicted molar refractivity (Wildman–Crippen MR) is 105 cm³/mol. The third-order valence-electron chi connectivity index (χ3n) is 4.34. The van der Waals surface area contributed by atoms with Crippen LogP contribution in [0.15, 0.2) is 18.2 Å². The van der Waals surface area contributed by atoms with Gasteiger partial charge < -0.3 is 19.7 Å². The first-order valence-corrected chi connectivity index (χ1v) is 9.59. The van der Waals surface area contributed by atoms with Crippen molar-refractivity contribution in [2.24, 2.45) is 5.41 Å². The van der Waals surface area contributed by atoms with Crippen LogP contribution in [0.3, 0.4) is 0 Å². The number of hydrogen-bond acceptors (Lipinski definition) is 5. The van der Waals surface area contributed by atoms with E-state index in [-0.39, 0.29) is 18.6 Å². The second-order valence-electron chi connectivity index (χ2n) is 8.06. The highest BCUT2D eigenvalue weighted by Gasteiger charge is 2.24. The van der Waals surface area contributed by atoms with Gasteiger partial charge in [0.25, 0.3) is 5.91 Å². The minimum Gasteiger partial charge on any atom is -0.489 e. The molecule has 1 fully saturated rings. The molecule has 0 aromatic heterocycles. The molecule has 0 unspecified atom stereocenters. The van der Waals surface area contributed by atoms with Gasteiger partial charge in [0, 0.05) is 25.2 Å². The van der Waals surface area contributed by atoms with Gasteiger partial charge in [-0.2, -0.15) is 0 Å². The molecule has 1 aliphatic rings. The lowest BCUT2D eigenvalue weighted by Gasteiger charge is -2.36. The van der Waals surface area contributed by atoms with Crippen molar-refractivity contribution in [3.05, 3.63) is 28.8 Å². The summed E-state index contributed by atoms with van der Waals surface area (Å²) in [5.74, 6) is -0.313. The standard InChI is InChI=1S/C20H29ClN2O4/c1-20(2,3)13-23-9-7-15(8-10-23)27-17-6-5-14(11-16(17)21)19(25)22-12-18(24)26-4/h5-6,11,15H,7-10,12-13H2,1-4H3,(H,22,25). The first-order valence-electron chi connectivity index (χ1n) is 9.21. The molecule has 150 valence electrons. The Hall–Kier alpha value is -1.79. The molecule has 6 nitrogen and oxygen atoms in total. The number of nitrogens with one attached hydrogen (secondary N) is 1. The molecule has 1 amide bonds. The normalized spacial score (nSPS) is 16.0. The van der Waals surface area contributed by atoms with Gasteiger partial charge in [0.15, 0.2) is 0 Å². The van der Waals surface area contributed by atoms with Gasteiger partial charge >= 0.3 is 5.97 Å². The summed E-state index contributed by atoms with van der Waals surface area (Å²) in [4.78, 5) is 25.6. The highest BCUT2D eigenvalue weighted by atomic mass is 35.5. The third-order valence-corrected chi connectivity index (χ3v) is 4.64. The quantitative estimate of drug-likeness (QED) is 0.748. The zero-order chi connectivity index (χ0) is 20.0. The molecular weight excluding hydrogens is 368 g/mol. The summed E-state index contributed by atoms with van der Waals surface area (Å²) in [6.07, 6.45) is 2.03. The van der Waals surface area contributed by atoms with Crippen molar-refractivity contribution in [1.29, 1.82) is 0 Å². The molecular formula is C20H29ClN2O4. The Morgan fingerprint density at radius 2 is 1.93 bits per heavy atom. The lowest BCUT2D eigenvalue weighted by molar-refractivity contribution is -0.139. The van der Waals surface area contributed by atoms with Crippen LogP contribution in [0.4, 0.5) is 0 Å². The van der Waals surface area contributed by atoms with Crippen LogP contribution in [-0.2, 0) is 9.53 Å². The van der Waals surface area contributed by atoms with Crippen molar-refractivity contribution in [3.8, 4) is 5.75 Å². The average Bonchev–Trinajstić information content (AvgIpc) is 2.61. The average molecular weight is 397 g/mol. The zero-order valence-corrected chi connectivity index (χ0v) is 17.3. The van der Waals surface area contributed by atoms with Crippen molar-refractivity contribution >= 4 is 23.5 Å². The zero-order valence-electron chi connectivity index (χ0n) is 16.5. The summed E-state index contributed by atoms with van der Waals surface area (Å²) in [7, 11) is 1.27. The molecule has 0 bridgehead atoms. The number of nitrogens with zero attached hydrogens (tertiary/aromatic N) is 1. The fourth-order valence-electron chi connectivity index (χ4n) is 3.10. The number of rotatable bonds is 6. The number of hydrogen-bond donors (Lipinski definition) is 1. The molecule has 1 saturated heterocycles. The van der Waals surface area contributed by atoms with E-state index in [0.717, 1.165) is 32.5 Å². The lowest BCUT2D eigenvalue weighted by atomic mass is 9.94. The number of likely N-dealkylation sites (tertiary alicyclic amines) is 1. The Bertz CT molecular complexity index is 664. The summed E-state index contributed by atoms with van der Waals surface area (Å²) >= 11 is 6.29. The second kappa shape index (κ2) is 9.42. The van der Waals surface area contributed by atoms with E-state index in [4.69, 9.17) is 16.3 Å². The summed E-state index contributed by atoms with van der Waals surface area (Å²) in [6, 6.07) is 4.90. The lowest BCUT2D eigenvalue weighted by Crippen LogP contribution is -2.42. The van der Waals surface area contributed by atoms with Crippen LogP contribution in [0.5, 0.6) is 5.75 Å². The van der Waals surface area contributed by atoms with E-state index in [2.05, 4.69) is 35.7 Å². The van der Waals surface area contributed by atoms with Gasteiger partial charge in [0.05, 0.1) is 12.1 Å². The molecule has 2 rings (SSSR count). The largest absolute Gasteiger partial charge is 0.489 e. The van der Waals surface area contributed by atoms with Crippen LogP contribution in [0.2, 0.25) is 5.02 Å². The van der Waals surface area contributed by atoms with Crippen LogP contribution in [0.1, 0.15) is 44.0 Å². The van der Waals surface area contributed by atoms with E-state index >= 15 is 0 Å². The minimum absolute atomic E-state index is 0.123. The molecule has 1 N–H and O–H groups in total. The number of amides is 1. The number of halogens is 1. The molecule has 1 aromatic carbocycles. The van der Waals surface area contributed by atoms with Crippen molar-refractivity contribution in [2.75, 3.05) is 33.3 Å². The molecule has 1 aliphatic heterocycles. The number of methoxy groups -OCH3 is 1. The van der Waals surface area contributed by atoms with Crippen LogP contribution in [0, 0.1) is 5.41 Å². The van der Waals surface area contributed by atoms with Crippen molar-refractivity contribution in [1.82, 2.24) is 10.2 Å². The SMILES string of the molecule is COC(=O)CNC(=O)c1ccc(OC2CCN(CC(C)(C)C)CC2)c(Cl)c1. The number of esters is 1. The molecule has 1 heterocycles. The second-order valence-corrected chi connectivity index (χ2v) is 8.47. The van der Waals surface area contributed by atoms with Gasteiger partial charge in [-0.3, -0.25) is 9.59 Å². The van der Waals surface area contributed by atoms with E-state index in [1.54, 1.807) is 18.2 Å². The fraction of sp³-hybridized carbons (Fsp3) is 0.600. The maximum atomic E-state index is 12.0. The summed E-state index contributed by atoms with van der Waals surface area (Å²) in [5, 5.41) is 2.87. The Morgan fingerprint density at radius 3 is 2.48 bits per heavy atom. The van der Waals surface area contributed by atoms with Crippen molar-refractivity contribution in [3.63, 3.8) is 0 Å². The van der Waals surface area contributed by atoms with Crippen LogP contribution < -0.4 is 10.1 Å². The maximum absolute atomic E-state index is 12.0. The number of ether oxygens (including phenoxy) is 2. The number of piperidine rings is 1. The Balaban J connectivity index is 1.87. The summed E-state index contributed by atoms with van der Waals surface area (Å²) in [6.45, 7) is 9.66. The predicted octanol–water partition coefficient (Wildman–Crippen LogP) is 3.13. The van der Waals surface area contributed by atoms with Crippen LogP contribution >= 0.6 is 11.6 Å². The number of carbonyl (C=O) groups is 2. The molecule has 7 heteroatoms. The van der Waals surface area contributed by atoms with Crippen molar-refractivity contribution < 1.29 is 19.1 Å². The molecule has 0 aliphatic carbocycles. The molecule has 0 radical (unpaired) electrons. The van der Waals surface area contributed by atoms with Crippen molar-refractivity contribution in [2.45, 2.75) is 39.7 Å². The summed E-state index contributed by atoms with van der Waals surface area (Å²) in [5.41, 5.74) is 0.664. The monoisotopic (exact) mass is 396 g/mol. The Kier molecular flexibility index (Phi) is 7.50. The molecule has 27 heavy (non-hydrogen) atoms.